The molecule has 8 nitrogen and oxygen atoms in total. The van der Waals surface area contributed by atoms with Crippen LogP contribution in [-0.4, -0.2) is 56.4 Å². The zero-order valence-electron chi connectivity index (χ0n) is 23.2. The number of ether oxygens (including phenoxy) is 1. The number of nitrogens with one attached hydrogen (secondary N) is 1. The fourth-order valence-electron chi connectivity index (χ4n) is 4.70. The Morgan fingerprint density at radius 2 is 1.79 bits per heavy atom. The molecule has 1 aliphatic heterocycles. The number of aryl methyl sites for hydroxylation is 1. The summed E-state index contributed by atoms with van der Waals surface area (Å²) in [7, 11) is 0. The van der Waals surface area contributed by atoms with Crippen molar-refractivity contribution in [1.29, 1.82) is 0 Å². The topological polar surface area (TPSA) is 92.1 Å². The second-order valence-electron chi connectivity index (χ2n) is 9.19. The Kier molecular flexibility index (Phi) is 10.8. The highest BCUT2D eigenvalue weighted by Crippen LogP contribution is 2.38. The molecule has 4 aromatic rings. The molecule has 9 heteroatoms. The first kappa shape index (κ1) is 29.3. The van der Waals surface area contributed by atoms with E-state index >= 15 is 0 Å². The van der Waals surface area contributed by atoms with Gasteiger partial charge in [-0.15, -0.1) is 0 Å². The number of pyridine rings is 1. The van der Waals surface area contributed by atoms with Crippen molar-refractivity contribution in [3.63, 3.8) is 0 Å². The predicted molar refractivity (Wildman–Crippen MR) is 150 cm³/mol. The van der Waals surface area contributed by atoms with Crippen LogP contribution in [0.25, 0.3) is 16.9 Å². The van der Waals surface area contributed by atoms with Gasteiger partial charge in [0, 0.05) is 24.5 Å². The van der Waals surface area contributed by atoms with Gasteiger partial charge in [0.25, 0.3) is 0 Å². The number of halogens is 1. The van der Waals surface area contributed by atoms with E-state index in [1.165, 1.54) is 12.1 Å². The van der Waals surface area contributed by atoms with E-state index in [1.807, 2.05) is 32.9 Å². The smallest absolute Gasteiger partial charge is 0.167 e. The molecule has 0 bridgehead atoms. The number of morpholine rings is 1. The maximum Gasteiger partial charge on any atom is 0.167 e. The van der Waals surface area contributed by atoms with E-state index in [1.54, 1.807) is 23.1 Å². The third-order valence-electron chi connectivity index (χ3n) is 6.39. The van der Waals surface area contributed by atoms with Crippen LogP contribution in [0.2, 0.25) is 0 Å². The Morgan fingerprint density at radius 1 is 1.08 bits per heavy atom. The minimum absolute atomic E-state index is 0.162. The highest BCUT2D eigenvalue weighted by atomic mass is 19.1. The zero-order chi connectivity index (χ0) is 27.5. The summed E-state index contributed by atoms with van der Waals surface area (Å²) in [5, 5.41) is 24.0. The molecular weight excluding hydrogens is 483 g/mol. The molecule has 1 saturated heterocycles. The third-order valence-corrected chi connectivity index (χ3v) is 6.39. The van der Waals surface area contributed by atoms with Gasteiger partial charge in [-0.2, -0.15) is 14.9 Å². The highest BCUT2D eigenvalue weighted by Gasteiger charge is 2.32. The predicted octanol–water partition coefficient (Wildman–Crippen LogP) is 5.93. The fraction of sp³-hybridized carbons (Fsp3) is 0.483. The number of aromatic nitrogens is 5. The summed E-state index contributed by atoms with van der Waals surface area (Å²) < 4.78 is 19.4. The van der Waals surface area contributed by atoms with Crippen LogP contribution in [0.1, 0.15) is 64.5 Å². The average molecular weight is 525 g/mol. The number of H-pyrrole nitrogens is 1. The quantitative estimate of drug-likeness (QED) is 0.311. The maximum atomic E-state index is 12.2. The number of hydrogen-bond acceptors (Lipinski definition) is 6. The normalized spacial score (nSPS) is 13.5. The Morgan fingerprint density at radius 3 is 2.34 bits per heavy atom. The van der Waals surface area contributed by atoms with E-state index in [9.17, 15) is 9.50 Å². The van der Waals surface area contributed by atoms with Crippen molar-refractivity contribution in [2.75, 3.05) is 31.2 Å². The van der Waals surface area contributed by atoms with Gasteiger partial charge in [0.05, 0.1) is 31.2 Å². The monoisotopic (exact) mass is 524 g/mol. The summed E-state index contributed by atoms with van der Waals surface area (Å²) >= 11 is 0. The van der Waals surface area contributed by atoms with E-state index in [0.29, 0.717) is 26.1 Å². The summed E-state index contributed by atoms with van der Waals surface area (Å²) in [5.74, 6) is 1.45. The molecule has 0 aliphatic carbocycles. The molecule has 4 heterocycles. The van der Waals surface area contributed by atoms with Crippen molar-refractivity contribution in [3.05, 3.63) is 65.7 Å². The van der Waals surface area contributed by atoms with Gasteiger partial charge in [0.15, 0.2) is 11.5 Å². The molecule has 206 valence electrons. The van der Waals surface area contributed by atoms with E-state index in [0.717, 1.165) is 59.7 Å². The van der Waals surface area contributed by atoms with Gasteiger partial charge in [-0.05, 0) is 49.1 Å². The molecular formula is C29H41FN6O2. The van der Waals surface area contributed by atoms with Crippen LogP contribution in [0, 0.1) is 12.7 Å². The first-order chi connectivity index (χ1) is 18.4. The van der Waals surface area contributed by atoms with Crippen LogP contribution in [0.15, 0.2) is 48.8 Å². The van der Waals surface area contributed by atoms with Gasteiger partial charge in [0.1, 0.15) is 11.6 Å². The molecule has 1 aliphatic rings. The average Bonchev–Trinajstić information content (AvgIpc) is 3.60. The molecule has 0 unspecified atom stereocenters. The molecule has 2 N–H and O–H groups in total. The van der Waals surface area contributed by atoms with Crippen LogP contribution in [0.5, 0.6) is 0 Å². The number of hydrogen-bond donors (Lipinski definition) is 2. The Labute approximate surface area is 224 Å². The van der Waals surface area contributed by atoms with Gasteiger partial charge in [0.2, 0.25) is 0 Å². The second kappa shape index (κ2) is 14.0. The lowest BCUT2D eigenvalue weighted by Crippen LogP contribution is -2.37. The standard InChI is InChI=1S/C20H28N6O2.C7H7F.C2H6/c1-3-6-20(27,7-4-2)16-13-18(25-9-11-28-12-10-25)23-19-15(16)14-22-26(19)17-5-8-21-24-17;1-6-3-2-4-7(8)5-6;1-2/h5,8,13-14,27H,3-4,6-7,9-12H2,1-2H3,(H,21,24);2-5H,1H3;1-2H3. The molecule has 0 saturated carbocycles. The summed E-state index contributed by atoms with van der Waals surface area (Å²) in [4.78, 5) is 7.14. The van der Waals surface area contributed by atoms with Crippen LogP contribution >= 0.6 is 0 Å². The van der Waals surface area contributed by atoms with Gasteiger partial charge in [-0.3, -0.25) is 5.10 Å². The molecule has 38 heavy (non-hydrogen) atoms. The minimum Gasteiger partial charge on any atom is -0.385 e. The van der Waals surface area contributed by atoms with Crippen molar-refractivity contribution in [2.45, 2.75) is 65.9 Å². The number of aromatic amines is 1. The number of nitrogens with zero attached hydrogens (tertiary/aromatic N) is 5. The SMILES string of the molecule is CC.CCCC(O)(CCC)c1cc(N2CCOCC2)nc2c1cnn2-c1ccn[nH]1.Cc1cccc(F)c1. The lowest BCUT2D eigenvalue weighted by molar-refractivity contribution is 0.0184. The third kappa shape index (κ3) is 6.96. The van der Waals surface area contributed by atoms with E-state index in [-0.39, 0.29) is 5.82 Å². The Bertz CT molecular complexity index is 1230. The van der Waals surface area contributed by atoms with E-state index < -0.39 is 5.60 Å². The molecule has 0 spiro atoms. The molecule has 0 atom stereocenters. The lowest BCUT2D eigenvalue weighted by atomic mass is 9.84. The molecule has 0 amide bonds. The van der Waals surface area contributed by atoms with Gasteiger partial charge < -0.3 is 14.7 Å². The van der Waals surface area contributed by atoms with Crippen molar-refractivity contribution in [1.82, 2.24) is 25.0 Å². The molecule has 3 aromatic heterocycles. The first-order valence-corrected chi connectivity index (χ1v) is 13.6. The first-order valence-electron chi connectivity index (χ1n) is 13.6. The number of rotatable bonds is 7. The lowest BCUT2D eigenvalue weighted by Gasteiger charge is -2.32. The largest absolute Gasteiger partial charge is 0.385 e. The number of aliphatic hydroxyl groups is 1. The summed E-state index contributed by atoms with van der Waals surface area (Å²) in [6.45, 7) is 13.0. The summed E-state index contributed by atoms with van der Waals surface area (Å²) in [6, 6.07) is 10.4. The second-order valence-corrected chi connectivity index (χ2v) is 9.19. The van der Waals surface area contributed by atoms with Gasteiger partial charge >= 0.3 is 0 Å². The summed E-state index contributed by atoms with van der Waals surface area (Å²) in [6.07, 6.45) is 6.72. The van der Waals surface area contributed by atoms with Gasteiger partial charge in [-0.25, -0.2) is 9.37 Å². The maximum absolute atomic E-state index is 12.2. The van der Waals surface area contributed by atoms with Crippen molar-refractivity contribution < 1.29 is 14.2 Å². The summed E-state index contributed by atoms with van der Waals surface area (Å²) in [5.41, 5.74) is 1.71. The molecule has 0 radical (unpaired) electrons. The van der Waals surface area contributed by atoms with E-state index in [4.69, 9.17) is 9.72 Å². The van der Waals surface area contributed by atoms with E-state index in [2.05, 4.69) is 40.1 Å². The number of fused-ring (bicyclic) bond motifs is 1. The molecule has 1 aromatic carbocycles. The van der Waals surface area contributed by atoms with Gasteiger partial charge in [-0.1, -0.05) is 52.7 Å². The Balaban J connectivity index is 0.000000339. The van der Waals surface area contributed by atoms with Crippen LogP contribution in [0.4, 0.5) is 10.2 Å². The van der Waals surface area contributed by atoms with Crippen molar-refractivity contribution >= 4 is 16.9 Å². The zero-order valence-corrected chi connectivity index (χ0v) is 23.2. The minimum atomic E-state index is -0.895. The highest BCUT2D eigenvalue weighted by molar-refractivity contribution is 5.83. The van der Waals surface area contributed by atoms with Crippen molar-refractivity contribution in [2.24, 2.45) is 0 Å². The van der Waals surface area contributed by atoms with Crippen LogP contribution in [0.3, 0.4) is 0 Å². The van der Waals surface area contributed by atoms with Crippen LogP contribution in [-0.2, 0) is 10.3 Å². The fourth-order valence-corrected chi connectivity index (χ4v) is 4.70. The number of benzene rings is 1. The Hall–Kier alpha value is -3.30. The molecule has 5 rings (SSSR count). The number of anilines is 1. The van der Waals surface area contributed by atoms with Crippen LogP contribution < -0.4 is 4.90 Å². The van der Waals surface area contributed by atoms with Crippen molar-refractivity contribution in [3.8, 4) is 5.82 Å². The molecule has 1 fully saturated rings.